The highest BCUT2D eigenvalue weighted by Gasteiger charge is 2.21. The number of amides is 1. The number of aliphatic hydroxyl groups excluding tert-OH is 3. The zero-order chi connectivity index (χ0) is 38.0. The Morgan fingerprint density at radius 3 is 1.25 bits per heavy atom. The molecule has 0 spiro atoms. The van der Waals surface area contributed by atoms with Gasteiger partial charge in [0.1, 0.15) is 0 Å². The quantitative estimate of drug-likeness (QED) is 0.0371. The molecule has 3 atom stereocenters. The summed E-state index contributed by atoms with van der Waals surface area (Å²) in [6.07, 6.45) is 51.5. The Balaban J connectivity index is 3.59. The number of carbonyl (C=O) groups excluding carboxylic acids is 1. The molecule has 0 aromatic heterocycles. The third-order valence-corrected chi connectivity index (χ3v) is 10.8. The third kappa shape index (κ3) is 38.6. The molecule has 52 heavy (non-hydrogen) atoms. The van der Waals surface area contributed by atoms with E-state index < -0.39 is 18.2 Å². The lowest BCUT2D eigenvalue weighted by atomic mass is 10.0. The van der Waals surface area contributed by atoms with E-state index in [4.69, 9.17) is 0 Å². The van der Waals surface area contributed by atoms with Gasteiger partial charge in [0, 0.05) is 0 Å². The smallest absolute Gasteiger partial charge is 0.222 e. The molecular weight excluding hydrogens is 643 g/mol. The molecule has 308 valence electrons. The summed E-state index contributed by atoms with van der Waals surface area (Å²) in [6.45, 7) is 4.24. The first-order valence-electron chi connectivity index (χ1n) is 23.1. The van der Waals surface area contributed by atoms with E-state index in [1.54, 1.807) is 0 Å². The highest BCUT2D eigenvalue weighted by molar-refractivity contribution is 5.76. The summed E-state index contributed by atoms with van der Waals surface area (Å²) in [5.74, 6) is -0.290. The van der Waals surface area contributed by atoms with Crippen molar-refractivity contribution in [3.8, 4) is 0 Å². The Morgan fingerprint density at radius 1 is 0.481 bits per heavy atom. The van der Waals surface area contributed by atoms with Crippen molar-refractivity contribution < 1.29 is 20.1 Å². The molecule has 0 bridgehead atoms. The number of unbranched alkanes of at least 4 members (excludes halogenated alkanes) is 29. The summed E-state index contributed by atoms with van der Waals surface area (Å²) < 4.78 is 0. The van der Waals surface area contributed by atoms with Crippen molar-refractivity contribution in [1.82, 2.24) is 5.32 Å². The lowest BCUT2D eigenvalue weighted by Gasteiger charge is -2.23. The van der Waals surface area contributed by atoms with Crippen LogP contribution in [0.25, 0.3) is 0 Å². The topological polar surface area (TPSA) is 89.8 Å². The summed E-state index contributed by atoms with van der Waals surface area (Å²) in [4.78, 5) is 12.5. The molecule has 0 fully saturated rings. The average molecular weight is 734 g/mol. The van der Waals surface area contributed by atoms with Gasteiger partial charge in [-0.3, -0.25) is 4.79 Å². The van der Waals surface area contributed by atoms with Gasteiger partial charge in [0.2, 0.25) is 5.91 Å². The minimum atomic E-state index is -0.752. The minimum Gasteiger partial charge on any atom is -0.394 e. The molecule has 0 rings (SSSR count). The van der Waals surface area contributed by atoms with Crippen LogP contribution in [0, 0.1) is 0 Å². The number of allylic oxidation sites excluding steroid dienone is 4. The van der Waals surface area contributed by atoms with E-state index in [0.29, 0.717) is 12.8 Å². The lowest BCUT2D eigenvalue weighted by Crippen LogP contribution is -2.46. The average Bonchev–Trinajstić information content (AvgIpc) is 3.14. The molecule has 0 saturated carbocycles. The fourth-order valence-electron chi connectivity index (χ4n) is 7.20. The number of nitrogens with one attached hydrogen (secondary N) is 1. The first-order chi connectivity index (χ1) is 25.5. The Kier molecular flexibility index (Phi) is 41.6. The SMILES string of the molecule is CCCCC/C=C\C/C=C\CCCCCCCC(O)CC(=O)NC(CO)C(O)CCCCCCCCCCCCCCCCCCCCCCCC. The van der Waals surface area contributed by atoms with E-state index in [0.717, 1.165) is 44.9 Å². The number of carbonyl (C=O) groups is 1. The van der Waals surface area contributed by atoms with Crippen LogP contribution in [0.1, 0.15) is 245 Å². The van der Waals surface area contributed by atoms with Crippen molar-refractivity contribution >= 4 is 5.91 Å². The van der Waals surface area contributed by atoms with Gasteiger partial charge in [-0.15, -0.1) is 0 Å². The van der Waals surface area contributed by atoms with Gasteiger partial charge in [0.25, 0.3) is 0 Å². The summed E-state index contributed by atoms with van der Waals surface area (Å²) in [6, 6.07) is -0.662. The number of aliphatic hydroxyl groups is 3. The summed E-state index contributed by atoms with van der Waals surface area (Å²) in [5.41, 5.74) is 0. The minimum absolute atomic E-state index is 0.0282. The molecule has 0 aliphatic rings. The Bertz CT molecular complexity index is 768. The van der Waals surface area contributed by atoms with E-state index in [-0.39, 0.29) is 18.9 Å². The van der Waals surface area contributed by atoms with Gasteiger partial charge in [-0.25, -0.2) is 0 Å². The second kappa shape index (κ2) is 42.6. The highest BCUT2D eigenvalue weighted by Crippen LogP contribution is 2.17. The molecule has 0 heterocycles. The summed E-state index contributed by atoms with van der Waals surface area (Å²) in [7, 11) is 0. The van der Waals surface area contributed by atoms with Gasteiger partial charge >= 0.3 is 0 Å². The van der Waals surface area contributed by atoms with Crippen molar-refractivity contribution in [2.75, 3.05) is 6.61 Å². The van der Waals surface area contributed by atoms with Crippen LogP contribution in [0.15, 0.2) is 24.3 Å². The zero-order valence-electron chi connectivity index (χ0n) is 35.0. The van der Waals surface area contributed by atoms with E-state index in [1.807, 2.05) is 0 Å². The van der Waals surface area contributed by atoms with Crippen LogP contribution >= 0.6 is 0 Å². The van der Waals surface area contributed by atoms with E-state index in [9.17, 15) is 20.1 Å². The van der Waals surface area contributed by atoms with Gasteiger partial charge < -0.3 is 20.6 Å². The van der Waals surface area contributed by atoms with Crippen molar-refractivity contribution in [2.45, 2.75) is 263 Å². The Labute approximate surface area is 324 Å². The molecule has 3 unspecified atom stereocenters. The Morgan fingerprint density at radius 2 is 0.827 bits per heavy atom. The monoisotopic (exact) mass is 734 g/mol. The molecule has 0 aromatic rings. The summed E-state index contributed by atoms with van der Waals surface area (Å²) >= 11 is 0. The molecule has 5 nitrogen and oxygen atoms in total. The van der Waals surface area contributed by atoms with E-state index in [1.165, 1.54) is 167 Å². The van der Waals surface area contributed by atoms with Crippen LogP contribution in [0.5, 0.6) is 0 Å². The predicted octanol–water partition coefficient (Wildman–Crippen LogP) is 13.4. The molecular formula is C47H91NO4. The normalized spacial score (nSPS) is 13.7. The number of hydrogen-bond acceptors (Lipinski definition) is 4. The molecule has 0 aliphatic carbocycles. The third-order valence-electron chi connectivity index (χ3n) is 10.8. The van der Waals surface area contributed by atoms with E-state index in [2.05, 4.69) is 43.5 Å². The van der Waals surface area contributed by atoms with Crippen molar-refractivity contribution in [2.24, 2.45) is 0 Å². The van der Waals surface area contributed by atoms with Crippen LogP contribution in [-0.2, 0) is 4.79 Å². The van der Waals surface area contributed by atoms with Gasteiger partial charge in [0.15, 0.2) is 0 Å². The first-order valence-corrected chi connectivity index (χ1v) is 23.1. The Hall–Kier alpha value is -1.17. The van der Waals surface area contributed by atoms with Crippen LogP contribution in [0.3, 0.4) is 0 Å². The molecule has 0 aromatic carbocycles. The van der Waals surface area contributed by atoms with Gasteiger partial charge in [0.05, 0.1) is 31.3 Å². The van der Waals surface area contributed by atoms with Crippen LogP contribution in [-0.4, -0.2) is 46.1 Å². The lowest BCUT2D eigenvalue weighted by molar-refractivity contribution is -0.125. The van der Waals surface area contributed by atoms with Crippen molar-refractivity contribution in [3.63, 3.8) is 0 Å². The fraction of sp³-hybridized carbons (Fsp3) is 0.894. The number of hydrogen-bond donors (Lipinski definition) is 4. The van der Waals surface area contributed by atoms with Crippen LogP contribution in [0.2, 0.25) is 0 Å². The molecule has 1 amide bonds. The van der Waals surface area contributed by atoms with Crippen molar-refractivity contribution in [1.29, 1.82) is 0 Å². The molecule has 4 N–H and O–H groups in total. The maximum absolute atomic E-state index is 12.5. The summed E-state index contributed by atoms with van der Waals surface area (Å²) in [5, 5.41) is 33.4. The predicted molar refractivity (Wildman–Crippen MR) is 227 cm³/mol. The first kappa shape index (κ1) is 50.8. The highest BCUT2D eigenvalue weighted by atomic mass is 16.3. The molecule has 0 aliphatic heterocycles. The van der Waals surface area contributed by atoms with Gasteiger partial charge in [-0.2, -0.15) is 0 Å². The van der Waals surface area contributed by atoms with Crippen LogP contribution < -0.4 is 5.32 Å². The zero-order valence-corrected chi connectivity index (χ0v) is 35.0. The second-order valence-corrected chi connectivity index (χ2v) is 16.0. The number of rotatable bonds is 42. The molecule has 0 saturated heterocycles. The van der Waals surface area contributed by atoms with E-state index >= 15 is 0 Å². The van der Waals surface area contributed by atoms with Crippen LogP contribution in [0.4, 0.5) is 0 Å². The maximum Gasteiger partial charge on any atom is 0.222 e. The fourth-order valence-corrected chi connectivity index (χ4v) is 7.20. The van der Waals surface area contributed by atoms with Crippen molar-refractivity contribution in [3.05, 3.63) is 24.3 Å². The largest absolute Gasteiger partial charge is 0.394 e. The second-order valence-electron chi connectivity index (χ2n) is 16.0. The standard InChI is InChI=1S/C47H91NO4/c1-3-5-7-9-11-13-15-17-19-20-21-22-23-24-25-27-29-31-33-35-37-39-41-46(51)45(43-49)48-47(52)42-44(50)40-38-36-34-32-30-28-26-18-16-14-12-10-8-6-4-2/h12,14,18,26,44-46,49-51H,3-11,13,15-17,19-25,27-43H2,1-2H3,(H,48,52)/b14-12-,26-18-. The van der Waals surface area contributed by atoms with Gasteiger partial charge in [-0.1, -0.05) is 218 Å². The maximum atomic E-state index is 12.5. The molecule has 0 radical (unpaired) electrons. The van der Waals surface area contributed by atoms with Gasteiger partial charge in [-0.05, 0) is 44.9 Å². The molecule has 5 heteroatoms.